The van der Waals surface area contributed by atoms with Crippen LogP contribution < -0.4 is 0 Å². The standard InChI is InChI=1S/C15H17F3O5S/c16-15(17,18)24(19,20)23-13-8-5-7-12(13)6-1-3-10-21-14-9-2-4-11-22-14/h6,8,14H,2,4-5,7,9-11H2/b12-6-. The van der Waals surface area contributed by atoms with Crippen molar-refractivity contribution < 1.29 is 35.2 Å². The van der Waals surface area contributed by atoms with Crippen molar-refractivity contribution in [3.8, 4) is 11.8 Å². The SMILES string of the molecule is O=S(=O)(OC1=CCC/C1=C/C#CCOC1CCCCO1)C(F)(F)F. The van der Waals surface area contributed by atoms with Gasteiger partial charge in [0.2, 0.25) is 0 Å². The minimum atomic E-state index is -5.66. The van der Waals surface area contributed by atoms with Crippen LogP contribution in [0.2, 0.25) is 0 Å². The van der Waals surface area contributed by atoms with Gasteiger partial charge in [-0.05, 0) is 44.3 Å². The van der Waals surface area contributed by atoms with Crippen LogP contribution in [0.5, 0.6) is 0 Å². The Balaban J connectivity index is 1.88. The third-order valence-corrected chi connectivity index (χ3v) is 4.34. The van der Waals surface area contributed by atoms with Crippen LogP contribution in [0.3, 0.4) is 0 Å². The summed E-state index contributed by atoms with van der Waals surface area (Å²) in [7, 11) is -5.66. The maximum absolute atomic E-state index is 12.3. The summed E-state index contributed by atoms with van der Waals surface area (Å²) >= 11 is 0. The lowest BCUT2D eigenvalue weighted by Crippen LogP contribution is -2.25. The Labute approximate surface area is 138 Å². The summed E-state index contributed by atoms with van der Waals surface area (Å²) < 4.78 is 73.9. The number of rotatable bonds is 4. The summed E-state index contributed by atoms with van der Waals surface area (Å²) in [6.07, 6.45) is 5.96. The molecule has 0 saturated carbocycles. The number of alkyl halides is 3. The smallest absolute Gasteiger partial charge is 0.376 e. The van der Waals surface area contributed by atoms with Crippen molar-refractivity contribution in [3.05, 3.63) is 23.5 Å². The monoisotopic (exact) mass is 366 g/mol. The Hall–Kier alpha value is -1.50. The molecule has 0 spiro atoms. The molecule has 2 aliphatic rings. The molecule has 0 aromatic heterocycles. The molecule has 0 radical (unpaired) electrons. The molecule has 1 saturated heterocycles. The lowest BCUT2D eigenvalue weighted by atomic mass is 10.2. The predicted octanol–water partition coefficient (Wildman–Crippen LogP) is 3.00. The normalized spacial score (nSPS) is 23.5. The summed E-state index contributed by atoms with van der Waals surface area (Å²) in [5, 5.41) is 0. The Morgan fingerprint density at radius 3 is 2.83 bits per heavy atom. The van der Waals surface area contributed by atoms with Crippen molar-refractivity contribution >= 4 is 10.1 Å². The molecule has 1 aliphatic carbocycles. The first-order valence-corrected chi connectivity index (χ1v) is 8.82. The van der Waals surface area contributed by atoms with E-state index in [-0.39, 0.29) is 18.7 Å². The molecule has 1 unspecified atom stereocenters. The molecule has 5 nitrogen and oxygen atoms in total. The van der Waals surface area contributed by atoms with Crippen LogP contribution in [0.4, 0.5) is 13.2 Å². The van der Waals surface area contributed by atoms with Crippen LogP contribution in [0.1, 0.15) is 32.1 Å². The molecule has 134 valence electrons. The molecule has 9 heteroatoms. The second kappa shape index (κ2) is 8.05. The van der Waals surface area contributed by atoms with E-state index in [0.29, 0.717) is 25.0 Å². The molecule has 24 heavy (non-hydrogen) atoms. The average molecular weight is 366 g/mol. The summed E-state index contributed by atoms with van der Waals surface area (Å²) in [5.74, 6) is 5.00. The highest BCUT2D eigenvalue weighted by atomic mass is 32.2. The van der Waals surface area contributed by atoms with Gasteiger partial charge in [0, 0.05) is 12.2 Å². The van der Waals surface area contributed by atoms with Gasteiger partial charge in [0.15, 0.2) is 6.29 Å². The fraction of sp³-hybridized carbons (Fsp3) is 0.600. The van der Waals surface area contributed by atoms with Crippen LogP contribution in [0.25, 0.3) is 0 Å². The van der Waals surface area contributed by atoms with Gasteiger partial charge in [-0.25, -0.2) is 0 Å². The van der Waals surface area contributed by atoms with Crippen molar-refractivity contribution in [2.45, 2.75) is 43.9 Å². The highest BCUT2D eigenvalue weighted by Crippen LogP contribution is 2.32. The number of ether oxygens (including phenoxy) is 2. The number of allylic oxidation sites excluding steroid dienone is 3. The highest BCUT2D eigenvalue weighted by molar-refractivity contribution is 7.87. The average Bonchev–Trinajstić information content (AvgIpc) is 2.93. The Morgan fingerprint density at radius 1 is 1.38 bits per heavy atom. The molecule has 1 aliphatic heterocycles. The first kappa shape index (κ1) is 18.8. The minimum absolute atomic E-state index is 0.120. The van der Waals surface area contributed by atoms with Gasteiger partial charge >= 0.3 is 15.6 Å². The van der Waals surface area contributed by atoms with Gasteiger partial charge in [-0.1, -0.05) is 11.8 Å². The van der Waals surface area contributed by atoms with E-state index < -0.39 is 15.6 Å². The van der Waals surface area contributed by atoms with Crippen molar-refractivity contribution in [1.82, 2.24) is 0 Å². The topological polar surface area (TPSA) is 61.8 Å². The lowest BCUT2D eigenvalue weighted by molar-refractivity contribution is -0.154. The second-order valence-corrected chi connectivity index (χ2v) is 6.73. The molecule has 0 bridgehead atoms. The zero-order chi connectivity index (χ0) is 17.6. The largest absolute Gasteiger partial charge is 0.534 e. The molecular weight excluding hydrogens is 349 g/mol. The van der Waals surface area contributed by atoms with Crippen LogP contribution >= 0.6 is 0 Å². The van der Waals surface area contributed by atoms with E-state index >= 15 is 0 Å². The lowest BCUT2D eigenvalue weighted by Gasteiger charge is -2.21. The molecule has 1 fully saturated rings. The van der Waals surface area contributed by atoms with Gasteiger partial charge in [-0.3, -0.25) is 0 Å². The molecule has 1 atom stereocenters. The van der Waals surface area contributed by atoms with E-state index in [1.54, 1.807) is 0 Å². The van der Waals surface area contributed by atoms with Gasteiger partial charge in [-0.15, -0.1) is 0 Å². The van der Waals surface area contributed by atoms with Crippen molar-refractivity contribution in [2.75, 3.05) is 13.2 Å². The number of halogens is 3. The maximum Gasteiger partial charge on any atom is 0.534 e. The van der Waals surface area contributed by atoms with Gasteiger partial charge in [0.05, 0.1) is 0 Å². The zero-order valence-corrected chi connectivity index (χ0v) is 13.6. The fourth-order valence-electron chi connectivity index (χ4n) is 2.17. The molecule has 0 aromatic rings. The number of hydrogen-bond donors (Lipinski definition) is 0. The summed E-state index contributed by atoms with van der Waals surface area (Å²) in [6.45, 7) is 0.774. The molecular formula is C15H17F3O5S. The predicted molar refractivity (Wildman–Crippen MR) is 78.8 cm³/mol. The first-order valence-electron chi connectivity index (χ1n) is 7.41. The van der Waals surface area contributed by atoms with Crippen LogP contribution in [0.15, 0.2) is 23.5 Å². The summed E-state index contributed by atoms with van der Waals surface area (Å²) in [5.41, 5.74) is -5.15. The van der Waals surface area contributed by atoms with Crippen LogP contribution in [0, 0.1) is 11.8 Å². The third-order valence-electron chi connectivity index (χ3n) is 3.37. The van der Waals surface area contributed by atoms with Crippen molar-refractivity contribution in [2.24, 2.45) is 0 Å². The zero-order valence-electron chi connectivity index (χ0n) is 12.8. The number of hydrogen-bond acceptors (Lipinski definition) is 5. The van der Waals surface area contributed by atoms with E-state index in [1.165, 1.54) is 12.2 Å². The van der Waals surface area contributed by atoms with Gasteiger partial charge in [0.1, 0.15) is 12.4 Å². The highest BCUT2D eigenvalue weighted by Gasteiger charge is 2.49. The third kappa shape index (κ3) is 5.26. The van der Waals surface area contributed by atoms with Crippen molar-refractivity contribution in [1.29, 1.82) is 0 Å². The Kier molecular flexibility index (Phi) is 6.32. The van der Waals surface area contributed by atoms with E-state index in [2.05, 4.69) is 16.0 Å². The van der Waals surface area contributed by atoms with Gasteiger partial charge in [0.25, 0.3) is 0 Å². The van der Waals surface area contributed by atoms with Crippen LogP contribution in [-0.4, -0.2) is 33.4 Å². The molecule has 2 rings (SSSR count). The fourth-order valence-corrected chi connectivity index (χ4v) is 2.67. The molecule has 0 N–H and O–H groups in total. The van der Waals surface area contributed by atoms with E-state index in [9.17, 15) is 21.6 Å². The van der Waals surface area contributed by atoms with E-state index in [4.69, 9.17) is 9.47 Å². The quantitative estimate of drug-likeness (QED) is 0.435. The Morgan fingerprint density at radius 2 is 2.17 bits per heavy atom. The molecule has 0 amide bonds. The molecule has 1 heterocycles. The van der Waals surface area contributed by atoms with E-state index in [0.717, 1.165) is 19.3 Å². The second-order valence-electron chi connectivity index (χ2n) is 5.19. The van der Waals surface area contributed by atoms with Crippen LogP contribution in [-0.2, 0) is 23.8 Å². The van der Waals surface area contributed by atoms with Gasteiger partial charge < -0.3 is 13.7 Å². The summed E-state index contributed by atoms with van der Waals surface area (Å²) in [4.78, 5) is 0. The van der Waals surface area contributed by atoms with Crippen molar-refractivity contribution in [3.63, 3.8) is 0 Å². The first-order chi connectivity index (χ1) is 11.3. The van der Waals surface area contributed by atoms with E-state index in [1.807, 2.05) is 0 Å². The molecule has 0 aromatic carbocycles. The maximum atomic E-state index is 12.3. The van der Waals surface area contributed by atoms with Gasteiger partial charge in [-0.2, -0.15) is 21.6 Å². The Bertz CT molecular complexity index is 661. The summed E-state index contributed by atoms with van der Waals surface area (Å²) in [6, 6.07) is 0. The minimum Gasteiger partial charge on any atom is -0.376 e.